The highest BCUT2D eigenvalue weighted by atomic mass is 16.6. The van der Waals surface area contributed by atoms with Crippen molar-refractivity contribution >= 4 is 18.3 Å². The fourth-order valence-electron chi connectivity index (χ4n) is 5.18. The van der Waals surface area contributed by atoms with E-state index >= 15 is 0 Å². The zero-order valence-electron chi connectivity index (χ0n) is 31.2. The number of carbonyl (C=O) groups is 2. The van der Waals surface area contributed by atoms with Crippen LogP contribution in [0.4, 0.5) is 9.59 Å². The van der Waals surface area contributed by atoms with Gasteiger partial charge in [-0.1, -0.05) is 42.5 Å². The summed E-state index contributed by atoms with van der Waals surface area (Å²) in [7, 11) is 3.41. The van der Waals surface area contributed by atoms with Gasteiger partial charge in [-0.15, -0.1) is 0 Å². The lowest BCUT2D eigenvalue weighted by molar-refractivity contribution is 0.0206. The largest absolute Gasteiger partial charge is 0.444 e. The van der Waals surface area contributed by atoms with Gasteiger partial charge in [0.15, 0.2) is 0 Å². The Bertz CT molecular complexity index is 1360. The molecule has 2 aliphatic carbocycles. The second-order valence-electron chi connectivity index (χ2n) is 15.1. The number of carbonyl (C=O) groups excluding carboxylic acids is 2. The Hall–Kier alpha value is -3.36. The van der Waals surface area contributed by atoms with Gasteiger partial charge in [-0.05, 0) is 133 Å². The first-order valence-corrected chi connectivity index (χ1v) is 17.4. The minimum absolute atomic E-state index is 0.200. The van der Waals surface area contributed by atoms with Crippen molar-refractivity contribution in [2.75, 3.05) is 27.4 Å². The molecule has 0 saturated heterocycles. The number of hydrogen-bond acceptors (Lipinski definition) is 6. The third kappa shape index (κ3) is 14.0. The molecule has 2 fully saturated rings. The number of rotatable bonds is 13. The summed E-state index contributed by atoms with van der Waals surface area (Å²) in [5.74, 6) is 0. The first-order chi connectivity index (χ1) is 22.6. The summed E-state index contributed by atoms with van der Waals surface area (Å²) in [5, 5.41) is 0. The van der Waals surface area contributed by atoms with Crippen LogP contribution in [0.5, 0.6) is 0 Å². The van der Waals surface area contributed by atoms with Crippen molar-refractivity contribution in [2.24, 2.45) is 0 Å². The second kappa shape index (κ2) is 17.9. The Morgan fingerprint density at radius 2 is 1.25 bits per heavy atom. The molecule has 2 amide bonds. The van der Waals surface area contributed by atoms with Crippen molar-refractivity contribution in [3.05, 3.63) is 75.9 Å². The van der Waals surface area contributed by atoms with E-state index < -0.39 is 11.2 Å². The van der Waals surface area contributed by atoms with Gasteiger partial charge in [-0.25, -0.2) is 9.59 Å². The molecule has 2 saturated carbocycles. The van der Waals surface area contributed by atoms with E-state index in [4.69, 9.17) is 18.9 Å². The topological polar surface area (TPSA) is 77.5 Å². The summed E-state index contributed by atoms with van der Waals surface area (Å²) in [6, 6.07) is 13.5. The van der Waals surface area contributed by atoms with Gasteiger partial charge in [0.1, 0.15) is 11.2 Å². The molecular weight excluding hydrogens is 604 g/mol. The molecule has 2 aromatic rings. The van der Waals surface area contributed by atoms with Crippen molar-refractivity contribution in [1.82, 2.24) is 9.80 Å². The summed E-state index contributed by atoms with van der Waals surface area (Å²) in [6.07, 6.45) is 9.89. The number of ether oxygens (including phenoxy) is 4. The average Bonchev–Trinajstić information content (AvgIpc) is 3.91. The van der Waals surface area contributed by atoms with Crippen molar-refractivity contribution in [3.8, 4) is 0 Å². The van der Waals surface area contributed by atoms with Gasteiger partial charge in [-0.3, -0.25) is 0 Å². The van der Waals surface area contributed by atoms with E-state index in [-0.39, 0.29) is 12.2 Å². The van der Waals surface area contributed by atoms with Crippen molar-refractivity contribution in [3.63, 3.8) is 0 Å². The summed E-state index contributed by atoms with van der Waals surface area (Å²) < 4.78 is 21.3. The molecule has 0 N–H and O–H groups in total. The first-order valence-electron chi connectivity index (χ1n) is 17.4. The predicted octanol–water partition coefficient (Wildman–Crippen LogP) is 9.03. The average molecular weight is 665 g/mol. The number of hydrogen-bond donors (Lipinski definition) is 0. The van der Waals surface area contributed by atoms with E-state index in [9.17, 15) is 9.59 Å². The number of benzene rings is 2. The van der Waals surface area contributed by atoms with Crippen LogP contribution in [-0.4, -0.2) is 72.7 Å². The van der Waals surface area contributed by atoms with Crippen LogP contribution in [0.15, 0.2) is 42.5 Å². The maximum absolute atomic E-state index is 12.5. The van der Waals surface area contributed by atoms with Crippen LogP contribution in [-0.2, 0) is 38.5 Å². The van der Waals surface area contributed by atoms with Crippen LogP contribution in [0.3, 0.4) is 0 Å². The summed E-state index contributed by atoms with van der Waals surface area (Å²) in [6.45, 7) is 18.2. The standard InChI is InChI=1S/C20H31NO3.C20H29NO3/c2*1-15-8-9-16(7-6-12-23-5)13-17(15)14-21(18-10-11-18)19(22)24-20(2,3)4/h8-9,13,18H,6-7,10-12,14H2,1-5H3;6-9,13,18H,10-12,14H2,1-5H3/b;7-6+. The van der Waals surface area contributed by atoms with E-state index in [1.54, 1.807) is 14.2 Å². The Balaban J connectivity index is 0.000000260. The summed E-state index contributed by atoms with van der Waals surface area (Å²) >= 11 is 0. The Morgan fingerprint density at radius 1 is 0.750 bits per heavy atom. The second-order valence-corrected chi connectivity index (χ2v) is 15.1. The van der Waals surface area contributed by atoms with E-state index in [0.29, 0.717) is 31.8 Å². The third-order valence-electron chi connectivity index (χ3n) is 8.09. The highest BCUT2D eigenvalue weighted by Crippen LogP contribution is 2.32. The molecule has 0 spiro atoms. The molecule has 4 rings (SSSR count). The smallest absolute Gasteiger partial charge is 0.410 e. The minimum Gasteiger partial charge on any atom is -0.444 e. The number of nitrogens with zero attached hydrogens (tertiary/aromatic N) is 2. The summed E-state index contributed by atoms with van der Waals surface area (Å²) in [4.78, 5) is 28.8. The minimum atomic E-state index is -0.468. The Kier molecular flexibility index (Phi) is 14.5. The van der Waals surface area contributed by atoms with Crippen LogP contribution in [0.25, 0.3) is 6.08 Å². The zero-order chi connectivity index (χ0) is 35.5. The Labute approximate surface area is 289 Å². The lowest BCUT2D eigenvalue weighted by Crippen LogP contribution is -2.38. The quantitative estimate of drug-likeness (QED) is 0.199. The molecule has 2 aliphatic rings. The number of methoxy groups -OCH3 is 2. The highest BCUT2D eigenvalue weighted by molar-refractivity contribution is 5.70. The van der Waals surface area contributed by atoms with E-state index in [1.807, 2.05) is 63.5 Å². The van der Waals surface area contributed by atoms with Crippen molar-refractivity contribution in [1.29, 1.82) is 0 Å². The van der Waals surface area contributed by atoms with Crippen LogP contribution < -0.4 is 0 Å². The van der Waals surface area contributed by atoms with Gasteiger partial charge in [0.25, 0.3) is 0 Å². The predicted molar refractivity (Wildman–Crippen MR) is 193 cm³/mol. The van der Waals surface area contributed by atoms with Gasteiger partial charge in [-0.2, -0.15) is 0 Å². The molecule has 8 heteroatoms. The fraction of sp³-hybridized carbons (Fsp3) is 0.600. The van der Waals surface area contributed by atoms with E-state index in [2.05, 4.69) is 50.2 Å². The normalized spacial score (nSPS) is 14.7. The molecule has 8 nitrogen and oxygen atoms in total. The van der Waals surface area contributed by atoms with E-state index in [1.165, 1.54) is 22.3 Å². The molecule has 0 heterocycles. The van der Waals surface area contributed by atoms with Crippen LogP contribution in [0, 0.1) is 13.8 Å². The maximum atomic E-state index is 12.5. The van der Waals surface area contributed by atoms with Gasteiger partial charge < -0.3 is 28.7 Å². The Morgan fingerprint density at radius 3 is 1.71 bits per heavy atom. The monoisotopic (exact) mass is 664 g/mol. The molecule has 48 heavy (non-hydrogen) atoms. The van der Waals surface area contributed by atoms with Gasteiger partial charge in [0.05, 0.1) is 6.61 Å². The zero-order valence-corrected chi connectivity index (χ0v) is 31.2. The van der Waals surface area contributed by atoms with Crippen LogP contribution in [0.1, 0.15) is 107 Å². The molecule has 2 aromatic carbocycles. The molecule has 0 radical (unpaired) electrons. The van der Waals surface area contributed by atoms with E-state index in [0.717, 1.165) is 56.3 Å². The molecule has 266 valence electrons. The molecular formula is C40H60N2O6. The van der Waals surface area contributed by atoms with Crippen molar-refractivity contribution in [2.45, 2.75) is 130 Å². The van der Waals surface area contributed by atoms with Gasteiger partial charge in [0.2, 0.25) is 0 Å². The molecule has 0 aromatic heterocycles. The third-order valence-corrected chi connectivity index (χ3v) is 8.09. The van der Waals surface area contributed by atoms with Gasteiger partial charge in [0, 0.05) is 46.0 Å². The maximum Gasteiger partial charge on any atom is 0.410 e. The molecule has 0 unspecified atom stereocenters. The number of amides is 2. The van der Waals surface area contributed by atoms with Crippen LogP contribution in [0.2, 0.25) is 0 Å². The van der Waals surface area contributed by atoms with Crippen molar-refractivity contribution < 1.29 is 28.5 Å². The summed E-state index contributed by atoms with van der Waals surface area (Å²) in [5.41, 5.74) is 6.27. The SMILES string of the molecule is COC/C=C/c1ccc(C)c(CN(C(=O)OC(C)(C)C)C2CC2)c1.COCCCc1ccc(C)c(CN(C(=O)OC(C)(C)C)C2CC2)c1. The molecule has 0 atom stereocenters. The lowest BCUT2D eigenvalue weighted by atomic mass is 10.0. The van der Waals surface area contributed by atoms with Gasteiger partial charge >= 0.3 is 12.2 Å². The fourth-order valence-corrected chi connectivity index (χ4v) is 5.18. The lowest BCUT2D eigenvalue weighted by Gasteiger charge is -2.28. The molecule has 0 bridgehead atoms. The number of aryl methyl sites for hydroxylation is 3. The molecule has 0 aliphatic heterocycles. The first kappa shape index (κ1) is 39.1. The van der Waals surface area contributed by atoms with Crippen LogP contribution >= 0.6 is 0 Å². The highest BCUT2D eigenvalue weighted by Gasteiger charge is 2.36.